The number of hydrogen-bond donors (Lipinski definition) is 3. The summed E-state index contributed by atoms with van der Waals surface area (Å²) in [5.74, 6) is -0.126. The van der Waals surface area contributed by atoms with Crippen LogP contribution >= 0.6 is 11.3 Å². The molecule has 4 nitrogen and oxygen atoms in total. The fourth-order valence-electron chi connectivity index (χ4n) is 1.72. The second-order valence-electron chi connectivity index (χ2n) is 4.28. The summed E-state index contributed by atoms with van der Waals surface area (Å²) >= 11 is 1.39. The van der Waals surface area contributed by atoms with Crippen LogP contribution in [0.3, 0.4) is 0 Å². The molecular formula is C14H16N2O2S. The Morgan fingerprint density at radius 3 is 2.74 bits per heavy atom. The highest BCUT2D eigenvalue weighted by atomic mass is 32.1. The summed E-state index contributed by atoms with van der Waals surface area (Å²) in [6.07, 6.45) is 0. The molecule has 0 unspecified atom stereocenters. The number of rotatable bonds is 4. The Morgan fingerprint density at radius 1 is 1.37 bits per heavy atom. The minimum Gasteiger partial charge on any atom is -0.398 e. The number of carbonyl (C=O) groups is 1. The van der Waals surface area contributed by atoms with E-state index in [4.69, 9.17) is 10.8 Å². The lowest BCUT2D eigenvalue weighted by Crippen LogP contribution is -2.21. The van der Waals surface area contributed by atoms with Gasteiger partial charge in [0.15, 0.2) is 0 Å². The summed E-state index contributed by atoms with van der Waals surface area (Å²) in [7, 11) is 0. The van der Waals surface area contributed by atoms with Crippen LogP contribution in [0.4, 0.5) is 5.69 Å². The molecule has 0 atom stereocenters. The van der Waals surface area contributed by atoms with E-state index in [0.717, 1.165) is 16.0 Å². The molecule has 4 N–H and O–H groups in total. The maximum Gasteiger partial charge on any atom is 0.261 e. The van der Waals surface area contributed by atoms with Gasteiger partial charge in [0, 0.05) is 17.1 Å². The Balaban J connectivity index is 2.00. The Bertz CT molecular complexity index is 573. The quantitative estimate of drug-likeness (QED) is 0.800. The standard InChI is InChI=1S/C14H16N2O2S/c1-9-12(15)6-13(19-9)14(18)16-7-10-3-2-4-11(5-10)8-17/h2-6,17H,7-8,15H2,1H3,(H,16,18). The van der Waals surface area contributed by atoms with Crippen LogP contribution in [0, 0.1) is 6.92 Å². The smallest absolute Gasteiger partial charge is 0.261 e. The van der Waals surface area contributed by atoms with Crippen molar-refractivity contribution in [3.63, 3.8) is 0 Å². The number of nitrogen functional groups attached to an aromatic ring is 1. The molecule has 100 valence electrons. The van der Waals surface area contributed by atoms with E-state index in [9.17, 15) is 4.79 Å². The molecule has 0 saturated heterocycles. The molecule has 0 fully saturated rings. The van der Waals surface area contributed by atoms with Crippen molar-refractivity contribution in [3.8, 4) is 0 Å². The van der Waals surface area contributed by atoms with Crippen molar-refractivity contribution in [2.75, 3.05) is 5.73 Å². The number of aliphatic hydroxyl groups is 1. The van der Waals surface area contributed by atoms with Gasteiger partial charge in [-0.05, 0) is 24.1 Å². The predicted molar refractivity (Wildman–Crippen MR) is 77.0 cm³/mol. The average Bonchev–Trinajstić information content (AvgIpc) is 2.76. The van der Waals surface area contributed by atoms with Crippen molar-refractivity contribution in [3.05, 3.63) is 51.2 Å². The molecule has 0 aliphatic rings. The number of carbonyl (C=O) groups excluding carboxylic acids is 1. The fraction of sp³-hybridized carbons (Fsp3) is 0.214. The molecule has 0 saturated carbocycles. The SMILES string of the molecule is Cc1sc(C(=O)NCc2cccc(CO)c2)cc1N. The minimum atomic E-state index is -0.126. The van der Waals surface area contributed by atoms with Crippen LogP contribution in [-0.4, -0.2) is 11.0 Å². The zero-order valence-corrected chi connectivity index (χ0v) is 11.5. The number of amides is 1. The number of benzene rings is 1. The van der Waals surface area contributed by atoms with Gasteiger partial charge in [-0.1, -0.05) is 24.3 Å². The first-order valence-electron chi connectivity index (χ1n) is 5.93. The first-order chi connectivity index (χ1) is 9.10. The van der Waals surface area contributed by atoms with Crippen LogP contribution in [-0.2, 0) is 13.2 Å². The third-order valence-corrected chi connectivity index (χ3v) is 3.87. The molecule has 1 aromatic heterocycles. The van der Waals surface area contributed by atoms with E-state index in [-0.39, 0.29) is 12.5 Å². The molecular weight excluding hydrogens is 260 g/mol. The Hall–Kier alpha value is -1.85. The molecule has 0 radical (unpaired) electrons. The molecule has 0 bridgehead atoms. The average molecular weight is 276 g/mol. The largest absolute Gasteiger partial charge is 0.398 e. The first-order valence-corrected chi connectivity index (χ1v) is 6.74. The minimum absolute atomic E-state index is 0.00242. The van der Waals surface area contributed by atoms with Gasteiger partial charge >= 0.3 is 0 Å². The highest BCUT2D eigenvalue weighted by molar-refractivity contribution is 7.14. The monoisotopic (exact) mass is 276 g/mol. The molecule has 1 heterocycles. The van der Waals surface area contributed by atoms with Gasteiger partial charge in [-0.25, -0.2) is 0 Å². The summed E-state index contributed by atoms with van der Waals surface area (Å²) in [6, 6.07) is 9.18. The summed E-state index contributed by atoms with van der Waals surface area (Å²) in [5.41, 5.74) is 8.17. The van der Waals surface area contributed by atoms with Gasteiger partial charge in [0.05, 0.1) is 11.5 Å². The lowest BCUT2D eigenvalue weighted by Gasteiger charge is -2.05. The van der Waals surface area contributed by atoms with Gasteiger partial charge in [0.1, 0.15) is 0 Å². The van der Waals surface area contributed by atoms with E-state index in [1.807, 2.05) is 31.2 Å². The number of nitrogens with two attached hydrogens (primary N) is 1. The maximum absolute atomic E-state index is 11.9. The second-order valence-corrected chi connectivity index (χ2v) is 5.54. The van der Waals surface area contributed by atoms with Crippen molar-refractivity contribution in [1.29, 1.82) is 0 Å². The third kappa shape index (κ3) is 3.33. The zero-order chi connectivity index (χ0) is 13.8. The van der Waals surface area contributed by atoms with Crippen molar-refractivity contribution < 1.29 is 9.90 Å². The fourth-order valence-corrected chi connectivity index (χ4v) is 2.57. The molecule has 2 aromatic rings. The van der Waals surface area contributed by atoms with Crippen LogP contribution in [0.15, 0.2) is 30.3 Å². The topological polar surface area (TPSA) is 75.3 Å². The van der Waals surface area contributed by atoms with E-state index in [1.54, 1.807) is 6.07 Å². The van der Waals surface area contributed by atoms with E-state index >= 15 is 0 Å². The van der Waals surface area contributed by atoms with Crippen LogP contribution in [0.2, 0.25) is 0 Å². The molecule has 19 heavy (non-hydrogen) atoms. The second kappa shape index (κ2) is 5.86. The van der Waals surface area contributed by atoms with Gasteiger partial charge in [-0.3, -0.25) is 4.79 Å². The molecule has 0 spiro atoms. The molecule has 0 aliphatic carbocycles. The molecule has 1 amide bonds. The van der Waals surface area contributed by atoms with E-state index in [1.165, 1.54) is 11.3 Å². The first kappa shape index (κ1) is 13.6. The van der Waals surface area contributed by atoms with E-state index in [2.05, 4.69) is 5.32 Å². The van der Waals surface area contributed by atoms with Crippen LogP contribution in [0.25, 0.3) is 0 Å². The Kier molecular flexibility index (Phi) is 4.19. The molecule has 2 rings (SSSR count). The third-order valence-electron chi connectivity index (χ3n) is 2.81. The van der Waals surface area contributed by atoms with Gasteiger partial charge in [-0.15, -0.1) is 11.3 Å². The highest BCUT2D eigenvalue weighted by Gasteiger charge is 2.10. The molecule has 5 heteroatoms. The van der Waals surface area contributed by atoms with Gasteiger partial charge in [0.25, 0.3) is 5.91 Å². The summed E-state index contributed by atoms with van der Waals surface area (Å²) in [6.45, 7) is 2.33. The molecule has 1 aromatic carbocycles. The number of anilines is 1. The van der Waals surface area contributed by atoms with Crippen molar-refractivity contribution in [2.24, 2.45) is 0 Å². The summed E-state index contributed by atoms with van der Waals surface area (Å²) in [5, 5.41) is 11.9. The highest BCUT2D eigenvalue weighted by Crippen LogP contribution is 2.23. The van der Waals surface area contributed by atoms with Crippen molar-refractivity contribution in [2.45, 2.75) is 20.1 Å². The maximum atomic E-state index is 11.9. The van der Waals surface area contributed by atoms with Crippen LogP contribution in [0.5, 0.6) is 0 Å². The van der Waals surface area contributed by atoms with E-state index in [0.29, 0.717) is 17.1 Å². The lowest BCUT2D eigenvalue weighted by atomic mass is 10.1. The van der Waals surface area contributed by atoms with Gasteiger partial charge in [-0.2, -0.15) is 0 Å². The van der Waals surface area contributed by atoms with Crippen molar-refractivity contribution >= 4 is 22.9 Å². The van der Waals surface area contributed by atoms with Crippen LogP contribution < -0.4 is 11.1 Å². The van der Waals surface area contributed by atoms with Crippen LogP contribution in [0.1, 0.15) is 25.7 Å². The summed E-state index contributed by atoms with van der Waals surface area (Å²) in [4.78, 5) is 13.5. The van der Waals surface area contributed by atoms with Gasteiger partial charge in [0.2, 0.25) is 0 Å². The van der Waals surface area contributed by atoms with E-state index < -0.39 is 0 Å². The number of hydrogen-bond acceptors (Lipinski definition) is 4. The normalized spacial score (nSPS) is 10.4. The lowest BCUT2D eigenvalue weighted by molar-refractivity contribution is 0.0955. The summed E-state index contributed by atoms with van der Waals surface area (Å²) < 4.78 is 0. The predicted octanol–water partition coefficient (Wildman–Crippen LogP) is 2.06. The Morgan fingerprint density at radius 2 is 2.11 bits per heavy atom. The number of aryl methyl sites for hydroxylation is 1. The Labute approximate surface area is 115 Å². The number of aliphatic hydroxyl groups excluding tert-OH is 1. The zero-order valence-electron chi connectivity index (χ0n) is 10.6. The van der Waals surface area contributed by atoms with Crippen molar-refractivity contribution in [1.82, 2.24) is 5.32 Å². The number of thiophene rings is 1. The van der Waals surface area contributed by atoms with Gasteiger partial charge < -0.3 is 16.2 Å². The number of nitrogens with one attached hydrogen (secondary N) is 1. The molecule has 0 aliphatic heterocycles.